The number of para-hydroxylation sites is 2. The van der Waals surface area contributed by atoms with Gasteiger partial charge in [0.1, 0.15) is 0 Å². The van der Waals surface area contributed by atoms with Crippen LogP contribution in [-0.4, -0.2) is 26.2 Å². The van der Waals surface area contributed by atoms with Crippen LogP contribution in [0.15, 0.2) is 65.7 Å². The molecule has 0 spiro atoms. The van der Waals surface area contributed by atoms with Crippen LogP contribution in [0, 0.1) is 0 Å². The number of amidine groups is 1. The molecule has 1 radical (unpaired) electrons. The van der Waals surface area contributed by atoms with Crippen molar-refractivity contribution >= 4 is 37.6 Å². The summed E-state index contributed by atoms with van der Waals surface area (Å²) < 4.78 is 0.896. The molecule has 0 aliphatic rings. The van der Waals surface area contributed by atoms with E-state index in [1.165, 1.54) is 0 Å². The molecule has 0 bridgehead atoms. The standard InChI is InChI=1S/C13H11N2Te/c16-13(14-11-7-3-1-4-8-11)15-12-9-5-2-6-10-12/h1-10H,(H,14,15). The Kier molecular flexibility index (Phi) is 3.98. The first-order chi connectivity index (χ1) is 7.84. The van der Waals surface area contributed by atoms with Crippen molar-refractivity contribution < 1.29 is 0 Å². The summed E-state index contributed by atoms with van der Waals surface area (Å²) in [6.45, 7) is 0. The van der Waals surface area contributed by atoms with E-state index in [9.17, 15) is 0 Å². The van der Waals surface area contributed by atoms with Crippen molar-refractivity contribution in [2.45, 2.75) is 0 Å². The Morgan fingerprint density at radius 3 is 2.06 bits per heavy atom. The second-order valence-electron chi connectivity index (χ2n) is 3.24. The summed E-state index contributed by atoms with van der Waals surface area (Å²) in [5, 5.41) is 3.24. The zero-order valence-electron chi connectivity index (χ0n) is 8.63. The van der Waals surface area contributed by atoms with Gasteiger partial charge < -0.3 is 0 Å². The fraction of sp³-hybridized carbons (Fsp3) is 0. The maximum atomic E-state index is 4.46. The first-order valence-corrected chi connectivity index (χ1v) is 6.14. The predicted molar refractivity (Wildman–Crippen MR) is 69.4 cm³/mol. The molecule has 3 heteroatoms. The summed E-state index contributed by atoms with van der Waals surface area (Å²) in [6.07, 6.45) is 0. The van der Waals surface area contributed by atoms with Gasteiger partial charge in [0.15, 0.2) is 0 Å². The molecule has 0 amide bonds. The number of benzene rings is 2. The summed E-state index contributed by atoms with van der Waals surface area (Å²) in [6, 6.07) is 20.0. The summed E-state index contributed by atoms with van der Waals surface area (Å²) in [5.74, 6) is 0. The number of nitrogens with zero attached hydrogens (tertiary/aromatic N) is 1. The minimum absolute atomic E-state index is 0.896. The van der Waals surface area contributed by atoms with Crippen LogP contribution in [0.25, 0.3) is 0 Å². The molecule has 2 nitrogen and oxygen atoms in total. The van der Waals surface area contributed by atoms with Gasteiger partial charge in [-0.25, -0.2) is 0 Å². The van der Waals surface area contributed by atoms with Gasteiger partial charge in [-0.2, -0.15) is 0 Å². The van der Waals surface area contributed by atoms with E-state index in [4.69, 9.17) is 0 Å². The van der Waals surface area contributed by atoms with Crippen molar-refractivity contribution in [3.63, 3.8) is 0 Å². The summed E-state index contributed by atoms with van der Waals surface area (Å²) >= 11 is 1.88. The van der Waals surface area contributed by atoms with Gasteiger partial charge in [-0.3, -0.25) is 0 Å². The molecule has 2 rings (SSSR count). The third kappa shape index (κ3) is 3.37. The van der Waals surface area contributed by atoms with E-state index in [2.05, 4.69) is 10.3 Å². The van der Waals surface area contributed by atoms with E-state index < -0.39 is 0 Å². The number of aliphatic imine (C=N–C) groups is 1. The fourth-order valence-electron chi connectivity index (χ4n) is 1.29. The number of anilines is 1. The van der Waals surface area contributed by atoms with E-state index in [-0.39, 0.29) is 0 Å². The molecular weight excluding hydrogens is 312 g/mol. The monoisotopic (exact) mass is 325 g/mol. The molecule has 0 aliphatic heterocycles. The zero-order valence-corrected chi connectivity index (χ0v) is 11.0. The molecule has 16 heavy (non-hydrogen) atoms. The van der Waals surface area contributed by atoms with Crippen LogP contribution < -0.4 is 5.32 Å². The van der Waals surface area contributed by atoms with Gasteiger partial charge in [-0.15, -0.1) is 0 Å². The Balaban J connectivity index is 2.09. The molecular formula is C13H11N2Te. The van der Waals surface area contributed by atoms with Gasteiger partial charge in [0.05, 0.1) is 0 Å². The molecule has 0 heterocycles. The Labute approximate surface area is 108 Å². The minimum atomic E-state index is 0.896. The zero-order chi connectivity index (χ0) is 11.2. The quantitative estimate of drug-likeness (QED) is 0.513. The Bertz CT molecular complexity index is 466. The van der Waals surface area contributed by atoms with Crippen LogP contribution in [0.3, 0.4) is 0 Å². The fourth-order valence-corrected chi connectivity index (χ4v) is 1.93. The molecule has 0 aromatic heterocycles. The number of rotatable bonds is 2. The number of hydrogen-bond donors (Lipinski definition) is 1. The second kappa shape index (κ2) is 5.69. The van der Waals surface area contributed by atoms with Gasteiger partial charge in [0.25, 0.3) is 0 Å². The molecule has 0 saturated carbocycles. The molecule has 0 aliphatic carbocycles. The summed E-state index contributed by atoms with van der Waals surface area (Å²) in [4.78, 5) is 4.46. The first-order valence-electron chi connectivity index (χ1n) is 4.97. The summed E-state index contributed by atoms with van der Waals surface area (Å²) in [7, 11) is 0. The van der Waals surface area contributed by atoms with Crippen molar-refractivity contribution in [1.29, 1.82) is 0 Å². The molecule has 1 N–H and O–H groups in total. The molecule has 0 saturated heterocycles. The second-order valence-corrected chi connectivity index (χ2v) is 4.35. The Morgan fingerprint density at radius 2 is 1.44 bits per heavy atom. The SMILES string of the molecule is [Te]C(=Nc1ccccc1)Nc1ccccc1. The van der Waals surface area contributed by atoms with Gasteiger partial charge in [-0.05, 0) is 0 Å². The van der Waals surface area contributed by atoms with Gasteiger partial charge in [0.2, 0.25) is 0 Å². The maximum absolute atomic E-state index is 4.46. The third-order valence-electron chi connectivity index (χ3n) is 2.01. The van der Waals surface area contributed by atoms with Crippen molar-refractivity contribution in [2.24, 2.45) is 4.99 Å². The Hall–Kier alpha value is -1.30. The van der Waals surface area contributed by atoms with E-state index in [0.717, 1.165) is 15.3 Å². The Morgan fingerprint density at radius 1 is 0.875 bits per heavy atom. The average Bonchev–Trinajstić information content (AvgIpc) is 2.31. The molecule has 2 aromatic rings. The normalized spacial score (nSPS) is 11.1. The average molecular weight is 323 g/mol. The molecule has 0 unspecified atom stereocenters. The van der Waals surface area contributed by atoms with Crippen LogP contribution in [0.5, 0.6) is 0 Å². The van der Waals surface area contributed by atoms with E-state index in [0.29, 0.717) is 0 Å². The van der Waals surface area contributed by atoms with Crippen molar-refractivity contribution in [2.75, 3.05) is 5.32 Å². The molecule has 2 aromatic carbocycles. The van der Waals surface area contributed by atoms with Crippen LogP contribution in [0.1, 0.15) is 0 Å². The van der Waals surface area contributed by atoms with Crippen LogP contribution in [0.4, 0.5) is 11.4 Å². The summed E-state index contributed by atoms with van der Waals surface area (Å²) in [5.41, 5.74) is 2.02. The van der Waals surface area contributed by atoms with Crippen molar-refractivity contribution in [3.8, 4) is 0 Å². The van der Waals surface area contributed by atoms with Crippen LogP contribution in [-0.2, 0) is 0 Å². The third-order valence-corrected chi connectivity index (χ3v) is 2.56. The van der Waals surface area contributed by atoms with Gasteiger partial charge in [0, 0.05) is 0 Å². The van der Waals surface area contributed by atoms with Gasteiger partial charge >= 0.3 is 109 Å². The topological polar surface area (TPSA) is 24.4 Å². The van der Waals surface area contributed by atoms with Gasteiger partial charge in [-0.1, -0.05) is 0 Å². The van der Waals surface area contributed by atoms with Crippen LogP contribution >= 0.6 is 0 Å². The number of hydrogen-bond acceptors (Lipinski definition) is 1. The van der Waals surface area contributed by atoms with Crippen molar-refractivity contribution in [3.05, 3.63) is 60.7 Å². The molecule has 79 valence electrons. The molecule has 0 atom stereocenters. The number of nitrogens with one attached hydrogen (secondary N) is 1. The van der Waals surface area contributed by atoms with E-state index in [1.54, 1.807) is 0 Å². The van der Waals surface area contributed by atoms with E-state index >= 15 is 0 Å². The first kappa shape index (κ1) is 11.2. The predicted octanol–water partition coefficient (Wildman–Crippen LogP) is 2.95. The van der Waals surface area contributed by atoms with E-state index in [1.807, 2.05) is 83.0 Å². The van der Waals surface area contributed by atoms with Crippen molar-refractivity contribution in [1.82, 2.24) is 0 Å². The molecule has 0 fully saturated rings. The van der Waals surface area contributed by atoms with Crippen LogP contribution in [0.2, 0.25) is 0 Å².